The molecule has 1 aromatic carbocycles. The number of morpholine rings is 1. The van der Waals surface area contributed by atoms with E-state index in [0.717, 1.165) is 35.5 Å². The molecule has 9 heteroatoms. The van der Waals surface area contributed by atoms with Crippen LogP contribution >= 0.6 is 0 Å². The number of hydrogen-bond acceptors (Lipinski definition) is 7. The number of benzene rings is 1. The zero-order valence-corrected chi connectivity index (χ0v) is 17.3. The molecule has 0 unspecified atom stereocenters. The Morgan fingerprint density at radius 2 is 1.75 bits per heavy atom. The van der Waals surface area contributed by atoms with Crippen LogP contribution in [0.3, 0.4) is 0 Å². The zero-order valence-electron chi connectivity index (χ0n) is 16.5. The van der Waals surface area contributed by atoms with Crippen LogP contribution in [0.5, 0.6) is 0 Å². The molecule has 8 nitrogen and oxygen atoms in total. The Kier molecular flexibility index (Phi) is 6.48. The molecule has 0 aliphatic carbocycles. The first-order valence-electron chi connectivity index (χ1n) is 9.33. The highest BCUT2D eigenvalue weighted by molar-refractivity contribution is 7.89. The summed E-state index contributed by atoms with van der Waals surface area (Å²) in [7, 11) is -3.56. The van der Waals surface area contributed by atoms with Gasteiger partial charge in [-0.2, -0.15) is 5.10 Å². The summed E-state index contributed by atoms with van der Waals surface area (Å²) < 4.78 is 33.2. The van der Waals surface area contributed by atoms with E-state index in [4.69, 9.17) is 4.74 Å². The Morgan fingerprint density at radius 1 is 1.04 bits per heavy atom. The van der Waals surface area contributed by atoms with E-state index in [1.54, 1.807) is 12.3 Å². The molecule has 28 heavy (non-hydrogen) atoms. The number of nitrogens with zero attached hydrogens (tertiary/aromatic N) is 3. The predicted octanol–water partition coefficient (Wildman–Crippen LogP) is 1.63. The molecule has 0 bridgehead atoms. The van der Waals surface area contributed by atoms with Crippen LogP contribution in [0.25, 0.3) is 0 Å². The van der Waals surface area contributed by atoms with E-state index in [1.807, 2.05) is 32.9 Å². The lowest BCUT2D eigenvalue weighted by Gasteiger charge is -2.28. The number of nitrogens with one attached hydrogen (secondary N) is 2. The summed E-state index contributed by atoms with van der Waals surface area (Å²) >= 11 is 0. The van der Waals surface area contributed by atoms with E-state index in [0.29, 0.717) is 30.5 Å². The SMILES string of the molecule is Cc1cc(C)c(S(=O)(=O)NCCNc2cc(N3CCOCC3)cnn2)cc1C. The maximum atomic E-state index is 12.6. The standard InChI is InChI=1S/C19H27N5O3S/c1-14-10-16(3)18(11-15(14)2)28(25,26)22-5-4-20-19-12-17(13-21-23-19)24-6-8-27-9-7-24/h10-13,22H,4-9H2,1-3H3,(H,20,23). The van der Waals surface area contributed by atoms with E-state index in [1.165, 1.54) is 0 Å². The lowest BCUT2D eigenvalue weighted by Crippen LogP contribution is -2.36. The molecule has 0 atom stereocenters. The molecule has 1 saturated heterocycles. The zero-order chi connectivity index (χ0) is 20.1. The number of sulfonamides is 1. The Hall–Kier alpha value is -2.23. The van der Waals surface area contributed by atoms with Gasteiger partial charge in [0, 0.05) is 32.2 Å². The maximum absolute atomic E-state index is 12.6. The largest absolute Gasteiger partial charge is 0.378 e. The molecule has 3 rings (SSSR count). The van der Waals surface area contributed by atoms with Gasteiger partial charge in [-0.3, -0.25) is 0 Å². The van der Waals surface area contributed by atoms with Crippen molar-refractivity contribution in [3.63, 3.8) is 0 Å². The first-order valence-corrected chi connectivity index (χ1v) is 10.8. The molecular formula is C19H27N5O3S. The van der Waals surface area contributed by atoms with Gasteiger partial charge in [0.25, 0.3) is 0 Å². The van der Waals surface area contributed by atoms with Gasteiger partial charge in [-0.1, -0.05) is 6.07 Å². The molecular weight excluding hydrogens is 378 g/mol. The van der Waals surface area contributed by atoms with Crippen LogP contribution in [0.15, 0.2) is 29.3 Å². The highest BCUT2D eigenvalue weighted by atomic mass is 32.2. The van der Waals surface area contributed by atoms with Crippen molar-refractivity contribution < 1.29 is 13.2 Å². The monoisotopic (exact) mass is 405 g/mol. The van der Waals surface area contributed by atoms with Gasteiger partial charge < -0.3 is 15.0 Å². The molecule has 1 aliphatic heterocycles. The van der Waals surface area contributed by atoms with Crippen molar-refractivity contribution in [3.8, 4) is 0 Å². The molecule has 0 radical (unpaired) electrons. The van der Waals surface area contributed by atoms with Crippen molar-refractivity contribution >= 4 is 21.5 Å². The fraction of sp³-hybridized carbons (Fsp3) is 0.474. The van der Waals surface area contributed by atoms with Gasteiger partial charge in [-0.15, -0.1) is 5.10 Å². The number of anilines is 2. The Labute approximate surface area is 166 Å². The lowest BCUT2D eigenvalue weighted by molar-refractivity contribution is 0.122. The Balaban J connectivity index is 1.56. The number of rotatable bonds is 7. The van der Waals surface area contributed by atoms with Gasteiger partial charge >= 0.3 is 0 Å². The molecule has 1 aliphatic rings. The quantitative estimate of drug-likeness (QED) is 0.676. The molecule has 2 aromatic rings. The number of ether oxygens (including phenoxy) is 1. The highest BCUT2D eigenvalue weighted by Gasteiger charge is 2.17. The minimum absolute atomic E-state index is 0.248. The van der Waals surface area contributed by atoms with Crippen LogP contribution in [-0.4, -0.2) is 58.0 Å². The third-order valence-corrected chi connectivity index (χ3v) is 6.42. The van der Waals surface area contributed by atoms with Crippen molar-refractivity contribution in [2.45, 2.75) is 25.7 Å². The molecule has 0 saturated carbocycles. The molecule has 1 fully saturated rings. The van der Waals surface area contributed by atoms with Gasteiger partial charge in [0.1, 0.15) is 0 Å². The van der Waals surface area contributed by atoms with Crippen LogP contribution < -0.4 is 14.9 Å². The first kappa shape index (κ1) is 20.5. The highest BCUT2D eigenvalue weighted by Crippen LogP contribution is 2.20. The molecule has 0 amide bonds. The normalized spacial score (nSPS) is 14.9. The minimum Gasteiger partial charge on any atom is -0.378 e. The van der Waals surface area contributed by atoms with Crippen molar-refractivity contribution in [2.24, 2.45) is 0 Å². The van der Waals surface area contributed by atoms with Crippen molar-refractivity contribution in [1.82, 2.24) is 14.9 Å². The summed E-state index contributed by atoms with van der Waals surface area (Å²) in [6.45, 7) is 9.39. The van der Waals surface area contributed by atoms with E-state index in [-0.39, 0.29) is 6.54 Å². The van der Waals surface area contributed by atoms with Gasteiger partial charge in [0.2, 0.25) is 10.0 Å². The first-order chi connectivity index (χ1) is 13.4. The lowest BCUT2D eigenvalue weighted by atomic mass is 10.1. The number of aromatic nitrogens is 2. The Bertz CT molecular complexity index is 927. The van der Waals surface area contributed by atoms with Gasteiger partial charge in [-0.25, -0.2) is 13.1 Å². The summed E-state index contributed by atoms with van der Waals surface area (Å²) in [6.07, 6.45) is 1.72. The summed E-state index contributed by atoms with van der Waals surface area (Å²) in [5.74, 6) is 0.616. The van der Waals surface area contributed by atoms with Crippen molar-refractivity contribution in [1.29, 1.82) is 0 Å². The van der Waals surface area contributed by atoms with E-state index in [9.17, 15) is 8.42 Å². The van der Waals surface area contributed by atoms with Crippen LogP contribution in [0.2, 0.25) is 0 Å². The Morgan fingerprint density at radius 3 is 2.50 bits per heavy atom. The van der Waals surface area contributed by atoms with Gasteiger partial charge in [-0.05, 0) is 43.5 Å². The number of aryl methyl sites for hydroxylation is 3. The average Bonchev–Trinajstić information content (AvgIpc) is 2.69. The minimum atomic E-state index is -3.56. The van der Waals surface area contributed by atoms with Crippen LogP contribution in [0.4, 0.5) is 11.5 Å². The molecule has 2 heterocycles. The molecule has 2 N–H and O–H groups in total. The van der Waals surface area contributed by atoms with E-state index >= 15 is 0 Å². The third-order valence-electron chi connectivity index (χ3n) is 4.82. The van der Waals surface area contributed by atoms with Crippen LogP contribution in [-0.2, 0) is 14.8 Å². The second kappa shape index (κ2) is 8.85. The predicted molar refractivity (Wildman–Crippen MR) is 109 cm³/mol. The second-order valence-corrected chi connectivity index (χ2v) is 8.66. The smallest absolute Gasteiger partial charge is 0.240 e. The van der Waals surface area contributed by atoms with Crippen molar-refractivity contribution in [3.05, 3.63) is 41.1 Å². The van der Waals surface area contributed by atoms with E-state index in [2.05, 4.69) is 25.1 Å². The van der Waals surface area contributed by atoms with Crippen LogP contribution in [0, 0.1) is 20.8 Å². The average molecular weight is 406 g/mol. The van der Waals surface area contributed by atoms with Crippen molar-refractivity contribution in [2.75, 3.05) is 49.6 Å². The summed E-state index contributed by atoms with van der Waals surface area (Å²) in [5.41, 5.74) is 3.76. The molecule has 1 aromatic heterocycles. The number of hydrogen-bond donors (Lipinski definition) is 2. The topological polar surface area (TPSA) is 96.5 Å². The summed E-state index contributed by atoms with van der Waals surface area (Å²) in [4.78, 5) is 2.51. The summed E-state index contributed by atoms with van der Waals surface area (Å²) in [6, 6.07) is 5.53. The molecule has 0 spiro atoms. The fourth-order valence-electron chi connectivity index (χ4n) is 3.11. The van der Waals surface area contributed by atoms with E-state index < -0.39 is 10.0 Å². The maximum Gasteiger partial charge on any atom is 0.240 e. The second-order valence-electron chi connectivity index (χ2n) is 6.92. The van der Waals surface area contributed by atoms with Gasteiger partial charge in [0.15, 0.2) is 5.82 Å². The molecule has 152 valence electrons. The third kappa shape index (κ3) is 4.98. The summed E-state index contributed by atoms with van der Waals surface area (Å²) in [5, 5.41) is 11.2. The fourth-order valence-corrected chi connectivity index (χ4v) is 4.46. The van der Waals surface area contributed by atoms with Gasteiger partial charge in [0.05, 0.1) is 30.0 Å². The van der Waals surface area contributed by atoms with Crippen LogP contribution in [0.1, 0.15) is 16.7 Å².